The molecule has 1 aliphatic heterocycles. The van der Waals surface area contributed by atoms with Crippen molar-refractivity contribution in [2.75, 3.05) is 4.90 Å². The second-order valence-electron chi connectivity index (χ2n) is 4.81. The minimum Gasteiger partial charge on any atom is -0.338 e. The minimum atomic E-state index is 0.530. The molecule has 0 N–H and O–H groups in total. The molecule has 1 aliphatic rings. The molecule has 1 atom stereocenters. The Morgan fingerprint density at radius 1 is 1.06 bits per heavy atom. The van der Waals surface area contributed by atoms with Crippen LogP contribution < -0.4 is 4.90 Å². The Balaban J connectivity index is 2.12. The van der Waals surface area contributed by atoms with Gasteiger partial charge in [-0.1, -0.05) is 52.3 Å². The lowest BCUT2D eigenvalue weighted by Gasteiger charge is -2.27. The van der Waals surface area contributed by atoms with Crippen LogP contribution in [0.15, 0.2) is 48.5 Å². The summed E-state index contributed by atoms with van der Waals surface area (Å²) >= 11 is 3.59. The summed E-state index contributed by atoms with van der Waals surface area (Å²) in [5.41, 5.74) is 5.49. The maximum absolute atomic E-state index is 3.59. The van der Waals surface area contributed by atoms with Gasteiger partial charge >= 0.3 is 0 Å². The summed E-state index contributed by atoms with van der Waals surface area (Å²) in [5.74, 6) is 0. The van der Waals surface area contributed by atoms with Gasteiger partial charge in [0, 0.05) is 22.7 Å². The quantitative estimate of drug-likeness (QED) is 0.729. The number of rotatable bonds is 2. The summed E-state index contributed by atoms with van der Waals surface area (Å²) in [7, 11) is 0. The summed E-state index contributed by atoms with van der Waals surface area (Å²) in [4.78, 5) is 2.46. The van der Waals surface area contributed by atoms with Gasteiger partial charge in [0.25, 0.3) is 0 Å². The Bertz CT molecular complexity index is 565. The van der Waals surface area contributed by atoms with E-state index in [4.69, 9.17) is 0 Å². The number of anilines is 2. The fraction of sp³-hybridized carbons (Fsp3) is 0.250. The van der Waals surface area contributed by atoms with E-state index in [0.29, 0.717) is 6.04 Å². The highest BCUT2D eigenvalue weighted by Gasteiger charge is 2.27. The molecule has 1 nitrogen and oxygen atoms in total. The van der Waals surface area contributed by atoms with E-state index >= 15 is 0 Å². The molecule has 0 amide bonds. The number of nitrogens with zero attached hydrogens (tertiary/aromatic N) is 1. The van der Waals surface area contributed by atoms with Gasteiger partial charge < -0.3 is 4.90 Å². The van der Waals surface area contributed by atoms with E-state index in [2.05, 4.69) is 76.3 Å². The molecule has 1 heterocycles. The topological polar surface area (TPSA) is 3.24 Å². The molecule has 92 valence electrons. The minimum absolute atomic E-state index is 0.530. The van der Waals surface area contributed by atoms with Gasteiger partial charge in [-0.25, -0.2) is 0 Å². The predicted octanol–water partition coefficient (Wildman–Crippen LogP) is 4.66. The Morgan fingerprint density at radius 3 is 2.50 bits per heavy atom. The van der Waals surface area contributed by atoms with Crippen LogP contribution in [0.3, 0.4) is 0 Å². The Kier molecular flexibility index (Phi) is 3.13. The van der Waals surface area contributed by atoms with Gasteiger partial charge in [0.05, 0.1) is 0 Å². The van der Waals surface area contributed by atoms with Crippen molar-refractivity contribution < 1.29 is 0 Å². The third-order valence-corrected chi connectivity index (χ3v) is 4.21. The maximum Gasteiger partial charge on any atom is 0.0454 e. The SMILES string of the molecule is CC1Cc2ccccc2N1c1ccccc1CBr. The molecule has 3 rings (SSSR count). The van der Waals surface area contributed by atoms with Crippen LogP contribution in [0, 0.1) is 0 Å². The lowest BCUT2D eigenvalue weighted by atomic mass is 10.1. The number of alkyl halides is 1. The molecule has 2 heteroatoms. The van der Waals surface area contributed by atoms with Crippen LogP contribution in [0.5, 0.6) is 0 Å². The monoisotopic (exact) mass is 301 g/mol. The highest BCUT2D eigenvalue weighted by Crippen LogP contribution is 2.39. The van der Waals surface area contributed by atoms with E-state index in [1.165, 1.54) is 22.5 Å². The van der Waals surface area contributed by atoms with Crippen molar-refractivity contribution >= 4 is 27.3 Å². The molecular formula is C16H16BrN. The zero-order chi connectivity index (χ0) is 12.5. The Labute approximate surface area is 117 Å². The number of para-hydroxylation sites is 2. The van der Waals surface area contributed by atoms with Crippen LogP contribution in [0.25, 0.3) is 0 Å². The van der Waals surface area contributed by atoms with Crippen molar-refractivity contribution in [1.82, 2.24) is 0 Å². The molecule has 0 spiro atoms. The van der Waals surface area contributed by atoms with Crippen molar-refractivity contribution in [2.45, 2.75) is 24.7 Å². The third kappa shape index (κ3) is 1.85. The van der Waals surface area contributed by atoms with Crippen LogP contribution in [-0.2, 0) is 11.8 Å². The molecule has 1 unspecified atom stereocenters. The summed E-state index contributed by atoms with van der Waals surface area (Å²) < 4.78 is 0. The van der Waals surface area contributed by atoms with Crippen molar-refractivity contribution in [3.63, 3.8) is 0 Å². The standard InChI is InChI=1S/C16H16BrN/c1-12-10-13-6-2-4-8-15(13)18(12)16-9-5-3-7-14(16)11-17/h2-9,12H,10-11H2,1H3. The van der Waals surface area contributed by atoms with E-state index in [9.17, 15) is 0 Å². The lowest BCUT2D eigenvalue weighted by Crippen LogP contribution is -2.24. The predicted molar refractivity (Wildman–Crippen MR) is 80.8 cm³/mol. The highest BCUT2D eigenvalue weighted by atomic mass is 79.9. The Morgan fingerprint density at radius 2 is 1.72 bits per heavy atom. The average molecular weight is 302 g/mol. The molecule has 2 aromatic carbocycles. The van der Waals surface area contributed by atoms with Crippen molar-refractivity contribution in [3.8, 4) is 0 Å². The molecule has 0 radical (unpaired) electrons. The van der Waals surface area contributed by atoms with Crippen LogP contribution in [0.1, 0.15) is 18.1 Å². The number of halogens is 1. The number of fused-ring (bicyclic) bond motifs is 1. The number of hydrogen-bond donors (Lipinski definition) is 0. The molecule has 0 saturated heterocycles. The first-order valence-corrected chi connectivity index (χ1v) is 7.44. The first-order chi connectivity index (χ1) is 8.81. The average Bonchev–Trinajstić information content (AvgIpc) is 2.74. The van der Waals surface area contributed by atoms with Crippen LogP contribution in [-0.4, -0.2) is 6.04 Å². The van der Waals surface area contributed by atoms with Gasteiger partial charge in [0.1, 0.15) is 0 Å². The normalized spacial score (nSPS) is 17.9. The van der Waals surface area contributed by atoms with Crippen LogP contribution >= 0.6 is 15.9 Å². The summed E-state index contributed by atoms with van der Waals surface area (Å²) in [6, 6.07) is 17.9. The first-order valence-electron chi connectivity index (χ1n) is 6.32. The van der Waals surface area contributed by atoms with E-state index < -0.39 is 0 Å². The summed E-state index contributed by atoms with van der Waals surface area (Å²) in [6.07, 6.45) is 1.13. The molecule has 0 bridgehead atoms. The molecular weight excluding hydrogens is 286 g/mol. The zero-order valence-corrected chi connectivity index (χ0v) is 12.0. The Hall–Kier alpha value is -1.28. The third-order valence-electron chi connectivity index (χ3n) is 3.60. The van der Waals surface area contributed by atoms with E-state index in [0.717, 1.165) is 11.8 Å². The van der Waals surface area contributed by atoms with Gasteiger partial charge in [0.2, 0.25) is 0 Å². The maximum atomic E-state index is 3.59. The van der Waals surface area contributed by atoms with Crippen molar-refractivity contribution in [2.24, 2.45) is 0 Å². The molecule has 18 heavy (non-hydrogen) atoms. The van der Waals surface area contributed by atoms with E-state index in [1.54, 1.807) is 0 Å². The number of hydrogen-bond acceptors (Lipinski definition) is 1. The summed E-state index contributed by atoms with van der Waals surface area (Å²) in [6.45, 7) is 2.30. The van der Waals surface area contributed by atoms with Crippen molar-refractivity contribution in [3.05, 3.63) is 59.7 Å². The second kappa shape index (κ2) is 4.77. The van der Waals surface area contributed by atoms with E-state index in [-0.39, 0.29) is 0 Å². The van der Waals surface area contributed by atoms with Gasteiger partial charge in [-0.2, -0.15) is 0 Å². The van der Waals surface area contributed by atoms with Gasteiger partial charge in [0.15, 0.2) is 0 Å². The summed E-state index contributed by atoms with van der Waals surface area (Å²) in [5, 5.41) is 0.897. The fourth-order valence-electron chi connectivity index (χ4n) is 2.79. The molecule has 0 aromatic heterocycles. The van der Waals surface area contributed by atoms with Crippen LogP contribution in [0.2, 0.25) is 0 Å². The number of benzene rings is 2. The molecule has 0 fully saturated rings. The first kappa shape index (κ1) is 11.8. The zero-order valence-electron chi connectivity index (χ0n) is 10.4. The van der Waals surface area contributed by atoms with Gasteiger partial charge in [-0.3, -0.25) is 0 Å². The smallest absolute Gasteiger partial charge is 0.0454 e. The van der Waals surface area contributed by atoms with E-state index in [1.807, 2.05) is 0 Å². The second-order valence-corrected chi connectivity index (χ2v) is 5.37. The van der Waals surface area contributed by atoms with Gasteiger partial charge in [-0.15, -0.1) is 0 Å². The highest BCUT2D eigenvalue weighted by molar-refractivity contribution is 9.08. The van der Waals surface area contributed by atoms with Crippen LogP contribution in [0.4, 0.5) is 11.4 Å². The van der Waals surface area contributed by atoms with Gasteiger partial charge in [-0.05, 0) is 36.6 Å². The van der Waals surface area contributed by atoms with Crippen molar-refractivity contribution in [1.29, 1.82) is 0 Å². The molecule has 0 saturated carbocycles. The molecule has 2 aromatic rings. The molecule has 0 aliphatic carbocycles. The largest absolute Gasteiger partial charge is 0.338 e. The lowest BCUT2D eigenvalue weighted by molar-refractivity contribution is 0.757. The fourth-order valence-corrected chi connectivity index (χ4v) is 3.27.